The fourth-order valence-corrected chi connectivity index (χ4v) is 4.23. The van der Waals surface area contributed by atoms with Gasteiger partial charge in [0.2, 0.25) is 5.95 Å². The molecule has 7 nitrogen and oxygen atoms in total. The number of hydrogen-bond acceptors (Lipinski definition) is 6. The molecule has 2 saturated heterocycles. The van der Waals surface area contributed by atoms with E-state index < -0.39 is 0 Å². The van der Waals surface area contributed by atoms with E-state index in [-0.39, 0.29) is 5.91 Å². The summed E-state index contributed by atoms with van der Waals surface area (Å²) in [5, 5.41) is 0. The summed E-state index contributed by atoms with van der Waals surface area (Å²) in [5.41, 5.74) is 0.490. The average molecular weight is 355 g/mol. The first-order chi connectivity index (χ1) is 12.8. The predicted octanol–water partition coefficient (Wildman–Crippen LogP) is 2.41. The van der Waals surface area contributed by atoms with Gasteiger partial charge in [-0.1, -0.05) is 6.92 Å². The highest BCUT2D eigenvalue weighted by molar-refractivity contribution is 5.93. The zero-order valence-electron chi connectivity index (χ0n) is 15.2. The number of amides is 1. The zero-order chi connectivity index (χ0) is 17.9. The summed E-state index contributed by atoms with van der Waals surface area (Å²) in [6.45, 7) is 5.61. The molecule has 0 spiro atoms. The molecular weight excluding hydrogens is 330 g/mol. The summed E-state index contributed by atoms with van der Waals surface area (Å²) in [6.07, 6.45) is 9.01. The van der Waals surface area contributed by atoms with E-state index in [9.17, 15) is 4.79 Å². The lowest BCUT2D eigenvalue weighted by Gasteiger charge is -2.34. The molecule has 2 fully saturated rings. The van der Waals surface area contributed by atoms with E-state index in [0.29, 0.717) is 29.7 Å². The van der Waals surface area contributed by atoms with Crippen molar-refractivity contribution in [1.29, 1.82) is 0 Å². The molecule has 7 heteroatoms. The number of nitrogens with zero attached hydrogens (tertiary/aromatic N) is 5. The molecule has 0 unspecified atom stereocenters. The van der Waals surface area contributed by atoms with E-state index in [2.05, 4.69) is 19.9 Å². The molecule has 0 bridgehead atoms. The van der Waals surface area contributed by atoms with Crippen LogP contribution in [0.1, 0.15) is 42.4 Å². The highest BCUT2D eigenvalue weighted by Crippen LogP contribution is 2.33. The molecule has 4 heterocycles. The van der Waals surface area contributed by atoms with Crippen LogP contribution < -0.4 is 4.90 Å². The van der Waals surface area contributed by atoms with Crippen molar-refractivity contribution in [3.63, 3.8) is 0 Å². The summed E-state index contributed by atoms with van der Waals surface area (Å²) in [5.74, 6) is 2.78. The molecule has 2 aromatic heterocycles. The molecular formula is C19H25N5O2. The van der Waals surface area contributed by atoms with Crippen molar-refractivity contribution in [1.82, 2.24) is 19.9 Å². The quantitative estimate of drug-likeness (QED) is 0.838. The number of aromatic nitrogens is 3. The molecule has 0 saturated carbocycles. The molecule has 0 aromatic carbocycles. The zero-order valence-corrected chi connectivity index (χ0v) is 15.2. The number of anilines is 1. The lowest BCUT2D eigenvalue weighted by Crippen LogP contribution is -2.38. The summed E-state index contributed by atoms with van der Waals surface area (Å²) in [6, 6.07) is 1.85. The third-order valence-electron chi connectivity index (χ3n) is 5.72. The smallest absolute Gasteiger partial charge is 0.276 e. The van der Waals surface area contributed by atoms with Crippen molar-refractivity contribution in [2.45, 2.75) is 32.6 Å². The SMILES string of the molecule is CCc1ocnc1C(=O)N1CC[C@@H](C2CCN(c3ncccn3)CC2)C1. The maximum atomic E-state index is 12.7. The van der Waals surface area contributed by atoms with Crippen LogP contribution in [0, 0.1) is 11.8 Å². The van der Waals surface area contributed by atoms with Crippen LogP contribution in [-0.4, -0.2) is 51.9 Å². The number of hydrogen-bond donors (Lipinski definition) is 0. The highest BCUT2D eigenvalue weighted by Gasteiger charge is 2.35. The molecule has 2 aliphatic heterocycles. The van der Waals surface area contributed by atoms with Gasteiger partial charge in [0.1, 0.15) is 5.76 Å². The number of piperidine rings is 1. The van der Waals surface area contributed by atoms with Gasteiger partial charge >= 0.3 is 0 Å². The molecule has 1 atom stereocenters. The van der Waals surface area contributed by atoms with Gasteiger partial charge in [0.05, 0.1) is 0 Å². The number of likely N-dealkylation sites (tertiary alicyclic amines) is 1. The molecule has 2 aliphatic rings. The molecule has 4 rings (SSSR count). The molecule has 2 aromatic rings. The van der Waals surface area contributed by atoms with Crippen LogP contribution in [0.2, 0.25) is 0 Å². The second-order valence-electron chi connectivity index (χ2n) is 7.15. The van der Waals surface area contributed by atoms with Crippen LogP contribution in [0.4, 0.5) is 5.95 Å². The van der Waals surface area contributed by atoms with Crippen LogP contribution in [0.25, 0.3) is 0 Å². The van der Waals surface area contributed by atoms with Gasteiger partial charge in [0, 0.05) is 45.0 Å². The van der Waals surface area contributed by atoms with Crippen molar-refractivity contribution in [3.05, 3.63) is 36.3 Å². The fourth-order valence-electron chi connectivity index (χ4n) is 4.23. The van der Waals surface area contributed by atoms with Crippen molar-refractivity contribution in [2.75, 3.05) is 31.1 Å². The Bertz CT molecular complexity index is 739. The lowest BCUT2D eigenvalue weighted by molar-refractivity contribution is 0.0773. The van der Waals surface area contributed by atoms with Gasteiger partial charge in [-0.2, -0.15) is 0 Å². The standard InChI is InChI=1S/C19H25N5O2/c1-2-16-17(22-13-26-16)18(25)24-11-6-15(12-24)14-4-9-23(10-5-14)19-20-7-3-8-21-19/h3,7-8,13-15H,2,4-6,9-12H2,1H3/t15-/m1/s1. The van der Waals surface area contributed by atoms with Gasteiger partial charge in [0.15, 0.2) is 12.1 Å². The Kier molecular flexibility index (Phi) is 4.86. The Balaban J connectivity index is 1.33. The summed E-state index contributed by atoms with van der Waals surface area (Å²) in [4.78, 5) is 29.8. The molecule has 26 heavy (non-hydrogen) atoms. The van der Waals surface area contributed by atoms with E-state index in [1.165, 1.54) is 6.39 Å². The molecule has 138 valence electrons. The Labute approximate surface area is 153 Å². The second kappa shape index (κ2) is 7.43. The Morgan fingerprint density at radius 1 is 1.12 bits per heavy atom. The van der Waals surface area contributed by atoms with Gasteiger partial charge < -0.3 is 14.2 Å². The van der Waals surface area contributed by atoms with E-state index in [0.717, 1.165) is 51.4 Å². The van der Waals surface area contributed by atoms with Crippen LogP contribution in [-0.2, 0) is 6.42 Å². The van der Waals surface area contributed by atoms with Crippen LogP contribution in [0.5, 0.6) is 0 Å². The molecule has 0 radical (unpaired) electrons. The van der Waals surface area contributed by atoms with Crippen molar-refractivity contribution >= 4 is 11.9 Å². The number of carbonyl (C=O) groups excluding carboxylic acids is 1. The molecule has 0 aliphatic carbocycles. The number of aryl methyl sites for hydroxylation is 1. The van der Waals surface area contributed by atoms with Gasteiger partial charge in [-0.15, -0.1) is 0 Å². The minimum Gasteiger partial charge on any atom is -0.448 e. The second-order valence-corrected chi connectivity index (χ2v) is 7.15. The lowest BCUT2D eigenvalue weighted by atomic mass is 9.84. The minimum atomic E-state index is 0.0215. The number of oxazole rings is 1. The van der Waals surface area contributed by atoms with Gasteiger partial charge in [0.25, 0.3) is 5.91 Å². The number of rotatable bonds is 4. The summed E-state index contributed by atoms with van der Waals surface area (Å²) in [7, 11) is 0. The third kappa shape index (κ3) is 3.30. The maximum absolute atomic E-state index is 12.7. The Hall–Kier alpha value is -2.44. The van der Waals surface area contributed by atoms with Gasteiger partial charge in [-0.25, -0.2) is 15.0 Å². The normalized spacial score (nSPS) is 21.3. The van der Waals surface area contributed by atoms with Crippen molar-refractivity contribution in [3.8, 4) is 0 Å². The van der Waals surface area contributed by atoms with Crippen LogP contribution in [0.15, 0.2) is 29.3 Å². The van der Waals surface area contributed by atoms with Gasteiger partial charge in [-0.3, -0.25) is 4.79 Å². The fraction of sp³-hybridized carbons (Fsp3) is 0.579. The predicted molar refractivity (Wildman–Crippen MR) is 96.9 cm³/mol. The monoisotopic (exact) mass is 355 g/mol. The third-order valence-corrected chi connectivity index (χ3v) is 5.72. The Morgan fingerprint density at radius 2 is 1.85 bits per heavy atom. The molecule has 0 N–H and O–H groups in total. The molecule has 1 amide bonds. The maximum Gasteiger partial charge on any atom is 0.276 e. The topological polar surface area (TPSA) is 75.4 Å². The first-order valence-corrected chi connectivity index (χ1v) is 9.50. The largest absolute Gasteiger partial charge is 0.448 e. The van der Waals surface area contributed by atoms with Crippen LogP contribution in [0.3, 0.4) is 0 Å². The summed E-state index contributed by atoms with van der Waals surface area (Å²) < 4.78 is 5.32. The van der Waals surface area contributed by atoms with E-state index in [1.807, 2.05) is 17.9 Å². The van der Waals surface area contributed by atoms with Crippen molar-refractivity contribution in [2.24, 2.45) is 11.8 Å². The van der Waals surface area contributed by atoms with E-state index in [1.54, 1.807) is 12.4 Å². The summed E-state index contributed by atoms with van der Waals surface area (Å²) >= 11 is 0. The minimum absolute atomic E-state index is 0.0215. The van der Waals surface area contributed by atoms with E-state index in [4.69, 9.17) is 4.42 Å². The highest BCUT2D eigenvalue weighted by atomic mass is 16.3. The van der Waals surface area contributed by atoms with Gasteiger partial charge in [-0.05, 0) is 37.2 Å². The van der Waals surface area contributed by atoms with Crippen molar-refractivity contribution < 1.29 is 9.21 Å². The first kappa shape index (κ1) is 17.0. The van der Waals surface area contributed by atoms with Crippen LogP contribution >= 0.6 is 0 Å². The number of carbonyl (C=O) groups is 1. The van der Waals surface area contributed by atoms with E-state index >= 15 is 0 Å². The first-order valence-electron chi connectivity index (χ1n) is 9.50. The Morgan fingerprint density at radius 3 is 2.58 bits per heavy atom. The average Bonchev–Trinajstić information content (AvgIpc) is 3.38.